The summed E-state index contributed by atoms with van der Waals surface area (Å²) >= 11 is 0. The third-order valence-electron chi connectivity index (χ3n) is 6.29. The lowest BCUT2D eigenvalue weighted by Gasteiger charge is -2.35. The molecule has 176 valence electrons. The Hall–Kier alpha value is -3.10. The second-order valence-corrected chi connectivity index (χ2v) is 8.56. The van der Waals surface area contributed by atoms with Crippen molar-refractivity contribution in [2.45, 2.75) is 38.3 Å². The first kappa shape index (κ1) is 23.1. The highest BCUT2D eigenvalue weighted by molar-refractivity contribution is 5.99. The van der Waals surface area contributed by atoms with E-state index in [1.54, 1.807) is 17.0 Å². The molecule has 6 nitrogen and oxygen atoms in total. The van der Waals surface area contributed by atoms with Crippen LogP contribution in [0, 0.1) is 5.92 Å². The summed E-state index contributed by atoms with van der Waals surface area (Å²) in [6.45, 7) is 2.55. The van der Waals surface area contributed by atoms with E-state index in [2.05, 4.69) is 10.3 Å². The quantitative estimate of drug-likeness (QED) is 0.718. The average Bonchev–Trinajstić information content (AvgIpc) is 2.84. The van der Waals surface area contributed by atoms with Crippen molar-refractivity contribution >= 4 is 23.3 Å². The van der Waals surface area contributed by atoms with Gasteiger partial charge in [0.25, 0.3) is 5.91 Å². The minimum atomic E-state index is -4.46. The van der Waals surface area contributed by atoms with E-state index in [0.717, 1.165) is 38.1 Å². The van der Waals surface area contributed by atoms with Gasteiger partial charge in [-0.2, -0.15) is 13.2 Å². The Bertz CT molecular complexity index is 997. The second-order valence-electron chi connectivity index (χ2n) is 8.56. The van der Waals surface area contributed by atoms with Gasteiger partial charge in [-0.25, -0.2) is 4.98 Å². The number of hydrogen-bond donors (Lipinski definition) is 1. The third-order valence-corrected chi connectivity index (χ3v) is 6.29. The van der Waals surface area contributed by atoms with Crippen molar-refractivity contribution in [3.8, 4) is 0 Å². The summed E-state index contributed by atoms with van der Waals surface area (Å²) < 4.78 is 39.1. The number of alkyl halides is 3. The fourth-order valence-corrected chi connectivity index (χ4v) is 4.46. The number of rotatable bonds is 4. The number of halogens is 3. The molecule has 0 saturated carbocycles. The van der Waals surface area contributed by atoms with Gasteiger partial charge in [0.15, 0.2) is 0 Å². The molecule has 4 rings (SSSR count). The Kier molecular flexibility index (Phi) is 6.85. The first-order chi connectivity index (χ1) is 15.8. The molecule has 0 spiro atoms. The topological polar surface area (TPSA) is 65.5 Å². The van der Waals surface area contributed by atoms with E-state index in [-0.39, 0.29) is 34.8 Å². The molecule has 0 unspecified atom stereocenters. The highest BCUT2D eigenvalue weighted by Crippen LogP contribution is 2.32. The molecule has 0 aliphatic carbocycles. The Morgan fingerprint density at radius 3 is 2.36 bits per heavy atom. The summed E-state index contributed by atoms with van der Waals surface area (Å²) in [5.74, 6) is 0.0774. The minimum Gasteiger partial charge on any atom is -0.342 e. The first-order valence-corrected chi connectivity index (χ1v) is 11.3. The van der Waals surface area contributed by atoms with Crippen LogP contribution >= 0.6 is 0 Å². The second kappa shape index (κ2) is 9.80. The van der Waals surface area contributed by atoms with Crippen molar-refractivity contribution in [1.82, 2.24) is 14.8 Å². The normalized spacial score (nSPS) is 17.7. The first-order valence-electron chi connectivity index (χ1n) is 11.3. The van der Waals surface area contributed by atoms with E-state index in [0.29, 0.717) is 25.9 Å². The number of nitrogens with one attached hydrogen (secondary N) is 1. The largest absolute Gasteiger partial charge is 0.416 e. The molecule has 1 aromatic heterocycles. The highest BCUT2D eigenvalue weighted by Gasteiger charge is 2.32. The number of piperidine rings is 2. The Morgan fingerprint density at radius 1 is 0.939 bits per heavy atom. The van der Waals surface area contributed by atoms with Gasteiger partial charge in [-0.05, 0) is 62.4 Å². The molecule has 9 heteroatoms. The summed E-state index contributed by atoms with van der Waals surface area (Å²) in [4.78, 5) is 33.8. The maximum atomic E-state index is 13.2. The summed E-state index contributed by atoms with van der Waals surface area (Å²) in [5, 5.41) is 2.86. The summed E-state index contributed by atoms with van der Waals surface area (Å²) in [7, 11) is 0. The fourth-order valence-electron chi connectivity index (χ4n) is 4.46. The SMILES string of the molecule is O=C(c1cccnc1Nc1cccc(C(F)(F)F)c1)N1CCC(C(=O)N2CCCCC2)CC1. The lowest BCUT2D eigenvalue weighted by atomic mass is 9.94. The van der Waals surface area contributed by atoms with Crippen molar-refractivity contribution in [2.24, 2.45) is 5.92 Å². The van der Waals surface area contributed by atoms with Crippen LogP contribution in [-0.4, -0.2) is 52.8 Å². The Balaban J connectivity index is 1.42. The molecule has 2 fully saturated rings. The van der Waals surface area contributed by atoms with Gasteiger partial charge in [0.05, 0.1) is 11.1 Å². The van der Waals surface area contributed by atoms with Gasteiger partial charge in [-0.15, -0.1) is 0 Å². The predicted molar refractivity (Wildman–Crippen MR) is 118 cm³/mol. The lowest BCUT2D eigenvalue weighted by Crippen LogP contribution is -2.45. The van der Waals surface area contributed by atoms with E-state index in [9.17, 15) is 22.8 Å². The average molecular weight is 461 g/mol. The highest BCUT2D eigenvalue weighted by atomic mass is 19.4. The van der Waals surface area contributed by atoms with Crippen molar-refractivity contribution in [1.29, 1.82) is 0 Å². The van der Waals surface area contributed by atoms with Gasteiger partial charge in [-0.1, -0.05) is 6.07 Å². The molecular weight excluding hydrogens is 433 g/mol. The fraction of sp³-hybridized carbons (Fsp3) is 0.458. The molecule has 2 amide bonds. The maximum Gasteiger partial charge on any atom is 0.416 e. The van der Waals surface area contributed by atoms with Gasteiger partial charge in [0.2, 0.25) is 5.91 Å². The van der Waals surface area contributed by atoms with Crippen LogP contribution in [0.1, 0.15) is 48.0 Å². The van der Waals surface area contributed by atoms with Crippen molar-refractivity contribution in [2.75, 3.05) is 31.5 Å². The maximum absolute atomic E-state index is 13.2. The van der Waals surface area contributed by atoms with Crippen LogP contribution < -0.4 is 5.32 Å². The number of carbonyl (C=O) groups excluding carboxylic acids is 2. The molecule has 0 bridgehead atoms. The van der Waals surface area contributed by atoms with Gasteiger partial charge < -0.3 is 15.1 Å². The van der Waals surface area contributed by atoms with Crippen LogP contribution in [-0.2, 0) is 11.0 Å². The third kappa shape index (κ3) is 5.46. The van der Waals surface area contributed by atoms with Crippen LogP contribution in [0.3, 0.4) is 0 Å². The zero-order valence-electron chi connectivity index (χ0n) is 18.3. The van der Waals surface area contributed by atoms with Crippen LogP contribution in [0.5, 0.6) is 0 Å². The molecule has 1 aromatic carbocycles. The molecular formula is C24H27F3N4O2. The molecule has 1 N–H and O–H groups in total. The van der Waals surface area contributed by atoms with E-state index < -0.39 is 11.7 Å². The number of anilines is 2. The van der Waals surface area contributed by atoms with Crippen LogP contribution in [0.15, 0.2) is 42.6 Å². The molecule has 2 saturated heterocycles. The van der Waals surface area contributed by atoms with Gasteiger partial charge >= 0.3 is 6.18 Å². The Morgan fingerprint density at radius 2 is 1.67 bits per heavy atom. The number of hydrogen-bond acceptors (Lipinski definition) is 4. The smallest absolute Gasteiger partial charge is 0.342 e. The zero-order chi connectivity index (χ0) is 23.4. The monoisotopic (exact) mass is 460 g/mol. The standard InChI is InChI=1S/C24H27F3N4O2/c25-24(26,27)18-6-4-7-19(16-18)29-21-20(8-5-11-28-21)23(33)31-14-9-17(10-15-31)22(32)30-12-2-1-3-13-30/h4-8,11,16-17H,1-3,9-10,12-15H2,(H,28,29). The van der Waals surface area contributed by atoms with E-state index >= 15 is 0 Å². The molecule has 2 aliphatic heterocycles. The number of benzene rings is 1. The molecule has 3 heterocycles. The summed E-state index contributed by atoms with van der Waals surface area (Å²) in [6.07, 6.45) is 1.50. The van der Waals surface area contributed by atoms with Crippen LogP contribution in [0.25, 0.3) is 0 Å². The van der Waals surface area contributed by atoms with Gasteiger partial charge in [0, 0.05) is 44.0 Å². The minimum absolute atomic E-state index is 0.0660. The number of likely N-dealkylation sites (tertiary alicyclic amines) is 2. The van der Waals surface area contributed by atoms with Crippen LogP contribution in [0.2, 0.25) is 0 Å². The van der Waals surface area contributed by atoms with Gasteiger partial charge in [0.1, 0.15) is 5.82 Å². The number of nitrogens with zero attached hydrogens (tertiary/aromatic N) is 3. The van der Waals surface area contributed by atoms with E-state index in [1.807, 2.05) is 4.90 Å². The number of pyridine rings is 1. The number of aromatic nitrogens is 1. The van der Waals surface area contributed by atoms with E-state index in [1.165, 1.54) is 24.8 Å². The Labute approximate surface area is 190 Å². The zero-order valence-corrected chi connectivity index (χ0v) is 18.3. The van der Waals surface area contributed by atoms with Crippen molar-refractivity contribution in [3.05, 3.63) is 53.7 Å². The molecule has 0 radical (unpaired) electrons. The molecule has 33 heavy (non-hydrogen) atoms. The molecule has 0 atom stereocenters. The number of carbonyl (C=O) groups is 2. The van der Waals surface area contributed by atoms with Crippen LogP contribution in [0.4, 0.5) is 24.7 Å². The summed E-state index contributed by atoms with van der Waals surface area (Å²) in [6, 6.07) is 8.01. The van der Waals surface area contributed by atoms with Crippen molar-refractivity contribution in [3.63, 3.8) is 0 Å². The van der Waals surface area contributed by atoms with E-state index in [4.69, 9.17) is 0 Å². The van der Waals surface area contributed by atoms with Crippen molar-refractivity contribution < 1.29 is 22.8 Å². The van der Waals surface area contributed by atoms with Gasteiger partial charge in [-0.3, -0.25) is 9.59 Å². The predicted octanol–water partition coefficient (Wildman–Crippen LogP) is 4.71. The summed E-state index contributed by atoms with van der Waals surface area (Å²) in [5.41, 5.74) is -0.295. The lowest BCUT2D eigenvalue weighted by molar-refractivity contribution is -0.138. The number of amides is 2. The molecule has 2 aliphatic rings. The molecule has 2 aromatic rings.